The molecule has 0 aliphatic carbocycles. The monoisotopic (exact) mass is 262 g/mol. The van der Waals surface area contributed by atoms with Gasteiger partial charge in [-0.1, -0.05) is 0 Å². The first kappa shape index (κ1) is 12.4. The summed E-state index contributed by atoms with van der Waals surface area (Å²) in [7, 11) is 1.54. The highest BCUT2D eigenvalue weighted by atomic mass is 16.5. The number of hydrogen-bond donors (Lipinski definition) is 1. The number of rotatable bonds is 2. The van der Waals surface area contributed by atoms with Crippen LogP contribution in [0.1, 0.15) is 36.0 Å². The van der Waals surface area contributed by atoms with E-state index in [0.29, 0.717) is 24.2 Å². The summed E-state index contributed by atoms with van der Waals surface area (Å²) in [5.74, 6) is 0.511. The summed E-state index contributed by atoms with van der Waals surface area (Å²) < 4.78 is 5.21. The molecular formula is C14H18N2O3. The second kappa shape index (κ2) is 4.81. The molecule has 2 unspecified atom stereocenters. The molecule has 0 spiro atoms. The lowest BCUT2D eigenvalue weighted by atomic mass is 9.99. The molecule has 0 aromatic carbocycles. The van der Waals surface area contributed by atoms with Gasteiger partial charge in [0.15, 0.2) is 0 Å². The van der Waals surface area contributed by atoms with Crippen molar-refractivity contribution < 1.29 is 14.6 Å². The van der Waals surface area contributed by atoms with E-state index >= 15 is 0 Å². The Morgan fingerprint density at radius 2 is 2.11 bits per heavy atom. The first-order valence-electron chi connectivity index (χ1n) is 6.69. The van der Waals surface area contributed by atoms with Gasteiger partial charge >= 0.3 is 0 Å². The van der Waals surface area contributed by atoms with Crippen LogP contribution in [0.3, 0.4) is 0 Å². The van der Waals surface area contributed by atoms with Crippen LogP contribution >= 0.6 is 0 Å². The average Bonchev–Trinajstić information content (AvgIpc) is 2.70. The number of aliphatic hydroxyl groups excluding tert-OH is 1. The first-order valence-corrected chi connectivity index (χ1v) is 6.69. The molecule has 0 radical (unpaired) electrons. The number of nitrogens with zero attached hydrogens (tertiary/aromatic N) is 2. The van der Waals surface area contributed by atoms with Gasteiger partial charge in [-0.15, -0.1) is 0 Å². The summed E-state index contributed by atoms with van der Waals surface area (Å²) in [6, 6.07) is 2.03. The molecule has 1 N–H and O–H groups in total. The molecule has 5 heteroatoms. The summed E-state index contributed by atoms with van der Waals surface area (Å²) in [5, 5.41) is 9.79. The van der Waals surface area contributed by atoms with E-state index in [-0.39, 0.29) is 24.1 Å². The Kier molecular flexibility index (Phi) is 3.14. The zero-order valence-corrected chi connectivity index (χ0v) is 11.0. The summed E-state index contributed by atoms with van der Waals surface area (Å²) in [5.41, 5.74) is 0.561. The molecule has 1 aromatic heterocycles. The molecule has 3 rings (SSSR count). The van der Waals surface area contributed by atoms with Gasteiger partial charge in [-0.2, -0.15) is 0 Å². The van der Waals surface area contributed by atoms with Gasteiger partial charge < -0.3 is 14.7 Å². The largest absolute Gasteiger partial charge is 0.494 e. The standard InChI is InChI=1S/C14H18N2O3/c1-19-13-8-15-5-4-12(13)14(18)16-9-2-3-10(16)7-11(17)6-9/h4-5,8-11,17H,2-3,6-7H2,1H3. The number of amides is 1. The Balaban J connectivity index is 1.89. The number of carbonyl (C=O) groups is 1. The van der Waals surface area contributed by atoms with Gasteiger partial charge in [-0.3, -0.25) is 9.78 Å². The Morgan fingerprint density at radius 1 is 1.42 bits per heavy atom. The highest BCUT2D eigenvalue weighted by Crippen LogP contribution is 2.37. The van der Waals surface area contributed by atoms with Gasteiger partial charge in [0.1, 0.15) is 5.75 Å². The van der Waals surface area contributed by atoms with Crippen LogP contribution in [0.2, 0.25) is 0 Å². The average molecular weight is 262 g/mol. The van der Waals surface area contributed by atoms with Crippen LogP contribution in [0, 0.1) is 0 Å². The zero-order chi connectivity index (χ0) is 13.4. The van der Waals surface area contributed by atoms with Gasteiger partial charge in [-0.25, -0.2) is 0 Å². The van der Waals surface area contributed by atoms with Crippen LogP contribution in [0.4, 0.5) is 0 Å². The van der Waals surface area contributed by atoms with Crippen molar-refractivity contribution in [1.82, 2.24) is 9.88 Å². The van der Waals surface area contributed by atoms with E-state index in [2.05, 4.69) is 4.98 Å². The zero-order valence-electron chi connectivity index (χ0n) is 11.0. The lowest BCUT2D eigenvalue weighted by molar-refractivity contribution is 0.0285. The maximum absolute atomic E-state index is 12.7. The van der Waals surface area contributed by atoms with E-state index in [1.807, 2.05) is 4.90 Å². The number of ether oxygens (including phenoxy) is 1. The Hall–Kier alpha value is -1.62. The minimum Gasteiger partial charge on any atom is -0.494 e. The minimum atomic E-state index is -0.263. The van der Waals surface area contributed by atoms with E-state index in [0.717, 1.165) is 12.8 Å². The predicted molar refractivity (Wildman–Crippen MR) is 69.0 cm³/mol. The van der Waals surface area contributed by atoms with Crippen LogP contribution in [0.15, 0.2) is 18.5 Å². The van der Waals surface area contributed by atoms with Gasteiger partial charge in [-0.05, 0) is 31.7 Å². The molecule has 102 valence electrons. The molecule has 19 heavy (non-hydrogen) atoms. The lowest BCUT2D eigenvalue weighted by Gasteiger charge is -2.37. The number of methoxy groups -OCH3 is 1. The highest BCUT2D eigenvalue weighted by molar-refractivity contribution is 5.97. The third-order valence-corrected chi connectivity index (χ3v) is 4.18. The summed E-state index contributed by atoms with van der Waals surface area (Å²) in [6.07, 6.45) is 6.26. The summed E-state index contributed by atoms with van der Waals surface area (Å²) >= 11 is 0. The molecule has 5 nitrogen and oxygen atoms in total. The number of carbonyl (C=O) groups excluding carboxylic acids is 1. The fraction of sp³-hybridized carbons (Fsp3) is 0.571. The number of fused-ring (bicyclic) bond motifs is 2. The van der Waals surface area contributed by atoms with Crippen molar-refractivity contribution in [2.75, 3.05) is 7.11 Å². The first-order chi connectivity index (χ1) is 9.20. The summed E-state index contributed by atoms with van der Waals surface area (Å²) in [4.78, 5) is 18.6. The van der Waals surface area contributed by atoms with Crippen molar-refractivity contribution in [2.24, 2.45) is 0 Å². The predicted octanol–water partition coefficient (Wildman–Crippen LogP) is 1.22. The number of pyridine rings is 1. The van der Waals surface area contributed by atoms with Crippen molar-refractivity contribution in [1.29, 1.82) is 0 Å². The molecule has 1 amide bonds. The fourth-order valence-corrected chi connectivity index (χ4v) is 3.34. The van der Waals surface area contributed by atoms with E-state index in [1.165, 1.54) is 0 Å². The van der Waals surface area contributed by atoms with Crippen molar-refractivity contribution >= 4 is 5.91 Å². The van der Waals surface area contributed by atoms with Crippen LogP contribution in [-0.2, 0) is 0 Å². The topological polar surface area (TPSA) is 62.7 Å². The molecule has 1 aromatic rings. The highest BCUT2D eigenvalue weighted by Gasteiger charge is 2.43. The number of aromatic nitrogens is 1. The third kappa shape index (κ3) is 2.08. The fourth-order valence-electron chi connectivity index (χ4n) is 3.34. The molecule has 2 aliphatic rings. The normalized spacial score (nSPS) is 29.4. The molecule has 2 fully saturated rings. The number of hydrogen-bond acceptors (Lipinski definition) is 4. The Bertz CT molecular complexity index is 477. The van der Waals surface area contributed by atoms with Crippen molar-refractivity contribution in [3.63, 3.8) is 0 Å². The maximum Gasteiger partial charge on any atom is 0.258 e. The minimum absolute atomic E-state index is 0.00125. The molecule has 2 saturated heterocycles. The van der Waals surface area contributed by atoms with Gasteiger partial charge in [0.25, 0.3) is 5.91 Å². The molecule has 2 aliphatic heterocycles. The molecular weight excluding hydrogens is 244 g/mol. The van der Waals surface area contributed by atoms with E-state index in [1.54, 1.807) is 25.6 Å². The Labute approximate surface area is 112 Å². The van der Waals surface area contributed by atoms with Crippen LogP contribution in [-0.4, -0.2) is 46.2 Å². The Morgan fingerprint density at radius 3 is 2.74 bits per heavy atom. The van der Waals surface area contributed by atoms with Gasteiger partial charge in [0.05, 0.1) is 25.0 Å². The van der Waals surface area contributed by atoms with E-state index < -0.39 is 0 Å². The van der Waals surface area contributed by atoms with Crippen molar-refractivity contribution in [3.05, 3.63) is 24.0 Å². The molecule has 3 heterocycles. The van der Waals surface area contributed by atoms with E-state index in [4.69, 9.17) is 4.74 Å². The van der Waals surface area contributed by atoms with Crippen LogP contribution < -0.4 is 4.74 Å². The second-order valence-electron chi connectivity index (χ2n) is 5.30. The second-order valence-corrected chi connectivity index (χ2v) is 5.30. The van der Waals surface area contributed by atoms with Crippen LogP contribution in [0.25, 0.3) is 0 Å². The van der Waals surface area contributed by atoms with Crippen molar-refractivity contribution in [2.45, 2.75) is 43.9 Å². The van der Waals surface area contributed by atoms with Gasteiger partial charge in [0.2, 0.25) is 0 Å². The summed E-state index contributed by atoms with van der Waals surface area (Å²) in [6.45, 7) is 0. The van der Waals surface area contributed by atoms with E-state index in [9.17, 15) is 9.90 Å². The molecule has 2 atom stereocenters. The number of aliphatic hydroxyl groups is 1. The quantitative estimate of drug-likeness (QED) is 0.870. The van der Waals surface area contributed by atoms with Crippen LogP contribution in [0.5, 0.6) is 5.75 Å². The van der Waals surface area contributed by atoms with Crippen molar-refractivity contribution in [3.8, 4) is 5.75 Å². The number of piperidine rings is 1. The van der Waals surface area contributed by atoms with Gasteiger partial charge in [0, 0.05) is 18.3 Å². The maximum atomic E-state index is 12.7. The molecule has 2 bridgehead atoms. The molecule has 0 saturated carbocycles. The lowest BCUT2D eigenvalue weighted by Crippen LogP contribution is -2.48. The SMILES string of the molecule is COc1cnccc1C(=O)N1C2CCC1CC(O)C2. The third-order valence-electron chi connectivity index (χ3n) is 4.18. The smallest absolute Gasteiger partial charge is 0.258 e.